The molecule has 7 rings (SSSR count). The van der Waals surface area contributed by atoms with Crippen molar-refractivity contribution >= 4 is 16.6 Å². The molecule has 2 fully saturated rings. The lowest BCUT2D eigenvalue weighted by molar-refractivity contribution is -0.592. The Morgan fingerprint density at radius 3 is 2.96 bits per heavy atom. The lowest BCUT2D eigenvalue weighted by Crippen LogP contribution is -3.00. The van der Waals surface area contributed by atoms with Crippen LogP contribution in [0.2, 0.25) is 0 Å². The minimum atomic E-state index is 0. The molecule has 1 saturated carbocycles. The van der Waals surface area contributed by atoms with Crippen LogP contribution < -0.4 is 17.7 Å². The van der Waals surface area contributed by atoms with E-state index in [9.17, 15) is 0 Å². The summed E-state index contributed by atoms with van der Waals surface area (Å²) in [6.07, 6.45) is 6.79. The van der Waals surface area contributed by atoms with Crippen LogP contribution in [0.4, 0.5) is 0 Å². The summed E-state index contributed by atoms with van der Waals surface area (Å²) in [4.78, 5) is 3.79. The fourth-order valence-corrected chi connectivity index (χ4v) is 6.17. The van der Waals surface area contributed by atoms with Gasteiger partial charge in [0.15, 0.2) is 6.04 Å². The van der Waals surface area contributed by atoms with Crippen LogP contribution in [0, 0.1) is 11.8 Å². The van der Waals surface area contributed by atoms with E-state index in [1.807, 2.05) is 0 Å². The predicted octanol–water partition coefficient (Wildman–Crippen LogP) is -0.310. The van der Waals surface area contributed by atoms with E-state index in [2.05, 4.69) is 39.1 Å². The van der Waals surface area contributed by atoms with Crippen LogP contribution >= 0.6 is 0 Å². The Balaban J connectivity index is 0.00000131. The molecule has 0 radical (unpaired) electrons. The number of piperidine rings is 1. The Kier molecular flexibility index (Phi) is 3.33. The van der Waals surface area contributed by atoms with Crippen LogP contribution in [-0.4, -0.2) is 40.4 Å². The highest BCUT2D eigenvalue weighted by Gasteiger charge is 2.56. The number of aromatic nitrogens is 1. The summed E-state index contributed by atoms with van der Waals surface area (Å²) in [7, 11) is 0. The third-order valence-electron chi connectivity index (χ3n) is 6.99. The average Bonchev–Trinajstić information content (AvgIpc) is 3.01. The second-order valence-electron chi connectivity index (χ2n) is 7.89. The van der Waals surface area contributed by atoms with Crippen molar-refractivity contribution in [2.45, 2.75) is 44.2 Å². The van der Waals surface area contributed by atoms with Crippen LogP contribution in [0.1, 0.15) is 36.9 Å². The molecule has 1 aliphatic carbocycles. The van der Waals surface area contributed by atoms with Gasteiger partial charge in [0.25, 0.3) is 0 Å². The van der Waals surface area contributed by atoms with Gasteiger partial charge in [0, 0.05) is 35.7 Å². The second kappa shape index (κ2) is 5.34. The molecule has 5 heterocycles. The van der Waals surface area contributed by atoms with Crippen LogP contribution in [0.15, 0.2) is 24.3 Å². The largest absolute Gasteiger partial charge is 1.00 e. The van der Waals surface area contributed by atoms with Crippen molar-refractivity contribution in [2.75, 3.05) is 13.1 Å². The molecule has 0 amide bonds. The average molecular weight is 342 g/mol. The van der Waals surface area contributed by atoms with Gasteiger partial charge in [-0.1, -0.05) is 18.2 Å². The summed E-state index contributed by atoms with van der Waals surface area (Å²) in [5.74, 6) is 1.61. The number of nitrogens with one attached hydrogen (secondary N) is 2. The molecule has 4 atom stereocenters. The standard InChI is InChI=1S/C20H23N3.ClH/c1-2-6-16-12(4-1)13-9-11-23-17-8-7-15(20(23)19(13)22-16)18-14(17)5-3-10-21-18;/h1-2,4,6,14-15,17-18,21H,3,5,7-11H2;1H/t14-,15-,17+,18-;/m0./s1. The molecule has 4 heteroatoms. The normalized spacial score (nSPS) is 33.7. The summed E-state index contributed by atoms with van der Waals surface area (Å²) in [5.41, 5.74) is 6.01. The van der Waals surface area contributed by atoms with Gasteiger partial charge in [-0.3, -0.25) is 0 Å². The SMILES string of the molecule is [Cl-].c1ccc2c3c([nH]c2c1)C1=[N+](CC3)[C@@H]2CC[C@H]1[C@H]1NCCC[C@H]12. The maximum Gasteiger partial charge on any atom is 0.204 e. The Labute approximate surface area is 148 Å². The number of hydrogen-bond donors (Lipinski definition) is 2. The van der Waals surface area contributed by atoms with Crippen molar-refractivity contribution in [2.24, 2.45) is 11.8 Å². The van der Waals surface area contributed by atoms with Gasteiger partial charge in [-0.15, -0.1) is 0 Å². The molecule has 2 aromatic rings. The number of benzene rings is 1. The van der Waals surface area contributed by atoms with Gasteiger partial charge in [0.05, 0.1) is 5.92 Å². The molecule has 24 heavy (non-hydrogen) atoms. The van der Waals surface area contributed by atoms with Crippen molar-refractivity contribution in [3.8, 4) is 0 Å². The molecule has 2 bridgehead atoms. The molecule has 5 aliphatic rings. The van der Waals surface area contributed by atoms with E-state index in [0.717, 1.165) is 23.9 Å². The minimum absolute atomic E-state index is 0. The van der Waals surface area contributed by atoms with E-state index in [1.54, 1.807) is 11.3 Å². The van der Waals surface area contributed by atoms with Crippen molar-refractivity contribution in [3.63, 3.8) is 0 Å². The Hall–Kier alpha value is -1.32. The van der Waals surface area contributed by atoms with Gasteiger partial charge < -0.3 is 22.7 Å². The summed E-state index contributed by atoms with van der Waals surface area (Å²) in [6.45, 7) is 2.45. The molecule has 126 valence electrons. The summed E-state index contributed by atoms with van der Waals surface area (Å²) >= 11 is 0. The first-order chi connectivity index (χ1) is 11.4. The highest BCUT2D eigenvalue weighted by Crippen LogP contribution is 2.44. The zero-order valence-electron chi connectivity index (χ0n) is 13.9. The quantitative estimate of drug-likeness (QED) is 0.633. The first-order valence-corrected chi connectivity index (χ1v) is 9.38. The Morgan fingerprint density at radius 1 is 1.08 bits per heavy atom. The molecule has 0 unspecified atom stereocenters. The van der Waals surface area contributed by atoms with E-state index < -0.39 is 0 Å². The van der Waals surface area contributed by atoms with Gasteiger partial charge in [0.1, 0.15) is 12.2 Å². The monoisotopic (exact) mass is 341 g/mol. The molecule has 2 N–H and O–H groups in total. The maximum atomic E-state index is 3.89. The Morgan fingerprint density at radius 2 is 2.00 bits per heavy atom. The fraction of sp³-hybridized carbons (Fsp3) is 0.550. The molecule has 4 aliphatic heterocycles. The van der Waals surface area contributed by atoms with E-state index in [1.165, 1.54) is 61.8 Å². The van der Waals surface area contributed by atoms with E-state index in [4.69, 9.17) is 0 Å². The van der Waals surface area contributed by atoms with Gasteiger partial charge in [-0.25, -0.2) is 4.58 Å². The lowest BCUT2D eigenvalue weighted by atomic mass is 9.64. The van der Waals surface area contributed by atoms with Gasteiger partial charge >= 0.3 is 0 Å². The van der Waals surface area contributed by atoms with Gasteiger partial charge in [-0.2, -0.15) is 0 Å². The molecule has 1 aromatic heterocycles. The minimum Gasteiger partial charge on any atom is -1.00 e. The van der Waals surface area contributed by atoms with Crippen molar-refractivity contribution < 1.29 is 17.0 Å². The third-order valence-corrected chi connectivity index (χ3v) is 6.99. The third kappa shape index (κ3) is 1.80. The summed E-state index contributed by atoms with van der Waals surface area (Å²) in [6, 6.07) is 10.4. The zero-order chi connectivity index (χ0) is 15.0. The van der Waals surface area contributed by atoms with Gasteiger partial charge in [0.2, 0.25) is 5.71 Å². The number of hydrogen-bond acceptors (Lipinski definition) is 1. The number of aromatic amines is 1. The molecular formula is C20H24ClN3. The highest BCUT2D eigenvalue weighted by molar-refractivity contribution is 6.05. The van der Waals surface area contributed by atoms with Crippen molar-refractivity contribution in [1.29, 1.82) is 0 Å². The fourth-order valence-electron chi connectivity index (χ4n) is 6.17. The number of H-pyrrole nitrogens is 1. The van der Waals surface area contributed by atoms with Crippen LogP contribution in [0.5, 0.6) is 0 Å². The van der Waals surface area contributed by atoms with Crippen molar-refractivity contribution in [3.05, 3.63) is 35.5 Å². The Bertz CT molecular complexity index is 837. The molecular weight excluding hydrogens is 318 g/mol. The van der Waals surface area contributed by atoms with Crippen LogP contribution in [-0.2, 0) is 6.42 Å². The molecule has 0 spiro atoms. The molecule has 1 aromatic carbocycles. The van der Waals surface area contributed by atoms with Crippen molar-refractivity contribution in [1.82, 2.24) is 10.3 Å². The van der Waals surface area contributed by atoms with Crippen LogP contribution in [0.3, 0.4) is 0 Å². The zero-order valence-corrected chi connectivity index (χ0v) is 14.6. The maximum absolute atomic E-state index is 3.89. The van der Waals surface area contributed by atoms with E-state index in [0.29, 0.717) is 0 Å². The number of para-hydroxylation sites is 1. The molecule has 1 saturated heterocycles. The topological polar surface area (TPSA) is 30.8 Å². The smallest absolute Gasteiger partial charge is 0.204 e. The second-order valence-corrected chi connectivity index (χ2v) is 7.89. The summed E-state index contributed by atoms with van der Waals surface area (Å²) in [5, 5.41) is 5.34. The number of nitrogens with zero attached hydrogens (tertiary/aromatic N) is 1. The predicted molar refractivity (Wildman–Crippen MR) is 92.3 cm³/mol. The van der Waals surface area contributed by atoms with Crippen LogP contribution in [0.25, 0.3) is 10.9 Å². The summed E-state index contributed by atoms with van der Waals surface area (Å²) < 4.78 is 2.81. The first kappa shape index (κ1) is 15.0. The van der Waals surface area contributed by atoms with E-state index >= 15 is 0 Å². The van der Waals surface area contributed by atoms with E-state index in [-0.39, 0.29) is 12.4 Å². The van der Waals surface area contributed by atoms with Gasteiger partial charge in [-0.05, 0) is 37.4 Å². The number of halogens is 1. The first-order valence-electron chi connectivity index (χ1n) is 9.38. The highest BCUT2D eigenvalue weighted by atomic mass is 35.5. The molecule has 3 nitrogen and oxygen atoms in total. The number of rotatable bonds is 0. The lowest BCUT2D eigenvalue weighted by Gasteiger charge is -2.49. The number of fused-ring (bicyclic) bond motifs is 4.